The molecule has 0 saturated heterocycles. The number of anilines is 2. The fraction of sp³-hybridized carbons (Fsp3) is 0.182. The zero-order valence-electron chi connectivity index (χ0n) is 24.8. The second kappa shape index (κ2) is 14.8. The molecule has 0 aliphatic carbocycles. The van der Waals surface area contributed by atoms with E-state index in [0.717, 1.165) is 16.0 Å². The van der Waals surface area contributed by atoms with Gasteiger partial charge in [-0.05, 0) is 55.0 Å². The standard InChI is InChI=1S/C33H31Cl2N5O5/c1-20-7-11-23-5-4-6-28(33(23)38-20)45-19-25-26(34)14-15-27(32(25)35)39(3)31(44)18-37-29(42)16-10-22-8-12-24(13-9-22)40(21(2)41)30(43)17-36/h4-16H,17-19,36H2,1-3H3,(H,37,42). The smallest absolute Gasteiger partial charge is 0.247 e. The van der Waals surface area contributed by atoms with Crippen LogP contribution in [0.15, 0.2) is 72.8 Å². The normalized spacial score (nSPS) is 11.0. The number of rotatable bonds is 10. The van der Waals surface area contributed by atoms with E-state index in [0.29, 0.717) is 38.8 Å². The van der Waals surface area contributed by atoms with Gasteiger partial charge in [-0.15, -0.1) is 0 Å². The van der Waals surface area contributed by atoms with Crippen molar-refractivity contribution in [1.82, 2.24) is 10.3 Å². The third-order valence-corrected chi connectivity index (χ3v) is 7.60. The highest BCUT2D eigenvalue weighted by Gasteiger charge is 2.20. The number of nitrogens with one attached hydrogen (secondary N) is 1. The summed E-state index contributed by atoms with van der Waals surface area (Å²) >= 11 is 13.2. The van der Waals surface area contributed by atoms with Crippen molar-refractivity contribution in [1.29, 1.82) is 0 Å². The van der Waals surface area contributed by atoms with Crippen LogP contribution in [-0.4, -0.2) is 48.7 Å². The zero-order chi connectivity index (χ0) is 32.7. The highest BCUT2D eigenvalue weighted by atomic mass is 35.5. The van der Waals surface area contributed by atoms with E-state index in [9.17, 15) is 19.2 Å². The van der Waals surface area contributed by atoms with Crippen LogP contribution >= 0.6 is 23.2 Å². The fourth-order valence-electron chi connectivity index (χ4n) is 4.43. The molecule has 0 fully saturated rings. The van der Waals surface area contributed by atoms with Crippen molar-refractivity contribution in [3.05, 3.63) is 99.7 Å². The number of nitrogens with two attached hydrogens (primary N) is 1. The summed E-state index contributed by atoms with van der Waals surface area (Å²) in [6, 6.07) is 19.2. The lowest BCUT2D eigenvalue weighted by Crippen LogP contribution is -2.39. The van der Waals surface area contributed by atoms with Gasteiger partial charge < -0.3 is 20.7 Å². The lowest BCUT2D eigenvalue weighted by molar-refractivity contribution is -0.124. The number of amides is 4. The first kappa shape index (κ1) is 33.1. The van der Waals surface area contributed by atoms with E-state index in [1.54, 1.807) is 43.4 Å². The lowest BCUT2D eigenvalue weighted by atomic mass is 10.1. The minimum absolute atomic E-state index is 0.0426. The Morgan fingerprint density at radius 3 is 2.40 bits per heavy atom. The van der Waals surface area contributed by atoms with Crippen molar-refractivity contribution in [2.45, 2.75) is 20.5 Å². The Morgan fingerprint density at radius 1 is 0.978 bits per heavy atom. The Balaban J connectivity index is 1.37. The quantitative estimate of drug-likeness (QED) is 0.230. The molecule has 4 rings (SSSR count). The van der Waals surface area contributed by atoms with Gasteiger partial charge in [-0.1, -0.05) is 53.5 Å². The van der Waals surface area contributed by atoms with Gasteiger partial charge in [-0.25, -0.2) is 9.88 Å². The molecule has 1 heterocycles. The molecule has 12 heteroatoms. The number of nitrogens with zero attached hydrogens (tertiary/aromatic N) is 3. The van der Waals surface area contributed by atoms with E-state index < -0.39 is 23.6 Å². The molecule has 4 aromatic rings. The average molecular weight is 649 g/mol. The van der Waals surface area contributed by atoms with Crippen LogP contribution in [-0.2, 0) is 25.8 Å². The number of benzene rings is 3. The average Bonchev–Trinajstić information content (AvgIpc) is 3.02. The summed E-state index contributed by atoms with van der Waals surface area (Å²) in [6.45, 7) is 2.61. The minimum Gasteiger partial charge on any atom is -0.487 e. The highest BCUT2D eigenvalue weighted by molar-refractivity contribution is 6.38. The number of para-hydroxylation sites is 1. The molecule has 3 aromatic carbocycles. The Kier molecular flexibility index (Phi) is 10.9. The largest absolute Gasteiger partial charge is 0.487 e. The van der Waals surface area contributed by atoms with E-state index >= 15 is 0 Å². The molecule has 3 N–H and O–H groups in total. The van der Waals surface area contributed by atoms with Crippen LogP contribution in [0.1, 0.15) is 23.7 Å². The first-order valence-corrected chi connectivity index (χ1v) is 14.6. The van der Waals surface area contributed by atoms with Crippen molar-refractivity contribution in [2.24, 2.45) is 5.73 Å². The molecular weight excluding hydrogens is 617 g/mol. The lowest BCUT2D eigenvalue weighted by Gasteiger charge is -2.21. The first-order valence-electron chi connectivity index (χ1n) is 13.8. The van der Waals surface area contributed by atoms with Crippen molar-refractivity contribution in [3.63, 3.8) is 0 Å². The third-order valence-electron chi connectivity index (χ3n) is 6.83. The molecule has 0 radical (unpaired) electrons. The number of carbonyl (C=O) groups excluding carboxylic acids is 4. The Bertz CT molecular complexity index is 1790. The van der Waals surface area contributed by atoms with Crippen LogP contribution in [0.3, 0.4) is 0 Å². The molecule has 0 spiro atoms. The number of halogens is 2. The Hall–Kier alpha value is -4.77. The summed E-state index contributed by atoms with van der Waals surface area (Å²) in [6.07, 6.45) is 2.80. The number of fused-ring (bicyclic) bond motifs is 1. The molecule has 0 saturated carbocycles. The van der Waals surface area contributed by atoms with E-state index in [-0.39, 0.29) is 24.7 Å². The molecule has 45 heavy (non-hydrogen) atoms. The van der Waals surface area contributed by atoms with Gasteiger partial charge in [0.15, 0.2) is 0 Å². The maximum atomic E-state index is 13.0. The molecule has 0 aliphatic rings. The number of likely N-dealkylation sites (N-methyl/N-ethyl adjacent to an activating group) is 1. The van der Waals surface area contributed by atoms with Gasteiger partial charge in [0, 0.05) is 41.7 Å². The highest BCUT2D eigenvalue weighted by Crippen LogP contribution is 2.35. The van der Waals surface area contributed by atoms with Crippen molar-refractivity contribution in [3.8, 4) is 5.75 Å². The summed E-state index contributed by atoms with van der Waals surface area (Å²) in [5.41, 5.74) is 8.85. The van der Waals surface area contributed by atoms with Gasteiger partial charge in [0.25, 0.3) is 0 Å². The number of imide groups is 1. The van der Waals surface area contributed by atoms with Crippen LogP contribution in [0.4, 0.5) is 11.4 Å². The van der Waals surface area contributed by atoms with Crippen LogP contribution in [0.5, 0.6) is 5.75 Å². The van der Waals surface area contributed by atoms with Crippen LogP contribution < -0.4 is 25.6 Å². The van der Waals surface area contributed by atoms with E-state index in [2.05, 4.69) is 10.3 Å². The molecule has 0 bridgehead atoms. The maximum absolute atomic E-state index is 13.0. The molecule has 4 amide bonds. The van der Waals surface area contributed by atoms with Crippen molar-refractivity contribution < 1.29 is 23.9 Å². The molecule has 10 nitrogen and oxygen atoms in total. The number of ether oxygens (including phenoxy) is 1. The van der Waals surface area contributed by atoms with Crippen LogP contribution in [0.25, 0.3) is 17.0 Å². The maximum Gasteiger partial charge on any atom is 0.247 e. The fourth-order valence-corrected chi connectivity index (χ4v) is 5.04. The number of hydrogen-bond donors (Lipinski definition) is 2. The SMILES string of the molecule is CC(=O)N(C(=O)CN)c1ccc(C=CC(=O)NCC(=O)N(C)c2ccc(Cl)c(COc3cccc4ccc(C)nc34)c2Cl)cc1. The number of aromatic nitrogens is 1. The number of aryl methyl sites for hydroxylation is 1. The second-order valence-corrected chi connectivity index (χ2v) is 10.8. The topological polar surface area (TPSA) is 135 Å². The summed E-state index contributed by atoms with van der Waals surface area (Å²) in [5.74, 6) is -1.33. The number of pyridine rings is 1. The van der Waals surface area contributed by atoms with Crippen LogP contribution in [0.2, 0.25) is 10.0 Å². The predicted molar refractivity (Wildman–Crippen MR) is 176 cm³/mol. The van der Waals surface area contributed by atoms with Gasteiger partial charge in [0.1, 0.15) is 17.9 Å². The Morgan fingerprint density at radius 2 is 1.71 bits per heavy atom. The first-order chi connectivity index (χ1) is 21.5. The predicted octanol–water partition coefficient (Wildman–Crippen LogP) is 5.06. The summed E-state index contributed by atoms with van der Waals surface area (Å²) in [5, 5.41) is 4.11. The third kappa shape index (κ3) is 8.04. The second-order valence-electron chi connectivity index (χ2n) is 9.98. The van der Waals surface area contributed by atoms with Gasteiger partial charge >= 0.3 is 0 Å². The van der Waals surface area contributed by atoms with E-state index in [4.69, 9.17) is 33.7 Å². The van der Waals surface area contributed by atoms with Crippen molar-refractivity contribution in [2.75, 3.05) is 29.9 Å². The summed E-state index contributed by atoms with van der Waals surface area (Å²) < 4.78 is 6.07. The number of hydrogen-bond acceptors (Lipinski definition) is 7. The monoisotopic (exact) mass is 647 g/mol. The van der Waals surface area contributed by atoms with Crippen molar-refractivity contribution >= 4 is 75.2 Å². The van der Waals surface area contributed by atoms with Gasteiger partial charge in [-0.2, -0.15) is 0 Å². The van der Waals surface area contributed by atoms with Gasteiger partial charge in [-0.3, -0.25) is 19.2 Å². The molecule has 1 aromatic heterocycles. The van der Waals surface area contributed by atoms with E-state index in [1.807, 2.05) is 37.3 Å². The zero-order valence-corrected chi connectivity index (χ0v) is 26.4. The van der Waals surface area contributed by atoms with E-state index in [1.165, 1.54) is 24.0 Å². The molecule has 0 aliphatic heterocycles. The molecule has 0 atom stereocenters. The molecule has 0 unspecified atom stereocenters. The molecule has 232 valence electrons. The number of carbonyl (C=O) groups is 4. The summed E-state index contributed by atoms with van der Waals surface area (Å²) in [7, 11) is 1.54. The van der Waals surface area contributed by atoms with Gasteiger partial charge in [0.2, 0.25) is 23.6 Å². The Labute approximate surface area is 270 Å². The van der Waals surface area contributed by atoms with Gasteiger partial charge in [0.05, 0.1) is 29.5 Å². The summed E-state index contributed by atoms with van der Waals surface area (Å²) in [4.78, 5) is 56.1. The molecular formula is C33H31Cl2N5O5. The minimum atomic E-state index is -0.530. The van der Waals surface area contributed by atoms with Crippen LogP contribution in [0, 0.1) is 6.92 Å².